The van der Waals surface area contributed by atoms with Crippen LogP contribution in [0.5, 0.6) is 0 Å². The van der Waals surface area contributed by atoms with E-state index in [-0.39, 0.29) is 12.1 Å². The minimum atomic E-state index is -0.518. The highest BCUT2D eigenvalue weighted by Crippen LogP contribution is 1.79. The maximum atomic E-state index is 10.3. The zero-order valence-corrected chi connectivity index (χ0v) is 12.2. The highest BCUT2D eigenvalue weighted by Gasteiger charge is 1.85. The van der Waals surface area contributed by atoms with E-state index in [4.69, 9.17) is 15.3 Å². The SMILES string of the molecule is C/C=C/C=C/C(=O)OC.NC(=O)/C=C/C=C/NC=O.O=C=O. The van der Waals surface area contributed by atoms with Crippen LogP contribution in [0.4, 0.5) is 0 Å². The smallest absolute Gasteiger partial charge is 0.373 e. The first kappa shape index (κ1) is 23.8. The van der Waals surface area contributed by atoms with E-state index in [0.717, 1.165) is 0 Å². The van der Waals surface area contributed by atoms with E-state index < -0.39 is 5.91 Å². The van der Waals surface area contributed by atoms with Gasteiger partial charge in [-0.1, -0.05) is 24.3 Å². The van der Waals surface area contributed by atoms with E-state index in [2.05, 4.69) is 10.1 Å². The molecule has 120 valence electrons. The van der Waals surface area contributed by atoms with Gasteiger partial charge in [0.15, 0.2) is 0 Å². The highest BCUT2D eigenvalue weighted by atomic mass is 16.5. The second-order valence-corrected chi connectivity index (χ2v) is 2.90. The fraction of sp³-hybridized carbons (Fsp3) is 0.143. The summed E-state index contributed by atoms with van der Waals surface area (Å²) in [4.78, 5) is 46.3. The van der Waals surface area contributed by atoms with Crippen LogP contribution < -0.4 is 11.1 Å². The van der Waals surface area contributed by atoms with Crippen LogP contribution in [0.15, 0.2) is 48.7 Å². The van der Waals surface area contributed by atoms with Gasteiger partial charge in [0.05, 0.1) is 7.11 Å². The van der Waals surface area contributed by atoms with Crippen molar-refractivity contribution in [2.24, 2.45) is 5.73 Å². The summed E-state index contributed by atoms with van der Waals surface area (Å²) in [5.74, 6) is -0.844. The number of ether oxygens (including phenoxy) is 1. The molecule has 0 spiro atoms. The number of methoxy groups -OCH3 is 1. The summed E-state index contributed by atoms with van der Waals surface area (Å²) < 4.78 is 4.34. The molecule has 22 heavy (non-hydrogen) atoms. The highest BCUT2D eigenvalue weighted by molar-refractivity contribution is 5.86. The molecule has 0 aromatic rings. The number of rotatable bonds is 6. The molecule has 0 bridgehead atoms. The Morgan fingerprint density at radius 2 is 1.64 bits per heavy atom. The second-order valence-electron chi connectivity index (χ2n) is 2.90. The van der Waals surface area contributed by atoms with E-state index in [0.29, 0.717) is 6.41 Å². The maximum absolute atomic E-state index is 10.3. The van der Waals surface area contributed by atoms with E-state index in [1.165, 1.54) is 37.6 Å². The van der Waals surface area contributed by atoms with Crippen molar-refractivity contribution in [1.82, 2.24) is 5.32 Å². The Bertz CT molecular complexity index is 458. The Hall–Kier alpha value is -3.25. The molecular weight excluding hydrogens is 292 g/mol. The summed E-state index contributed by atoms with van der Waals surface area (Å²) in [7, 11) is 1.35. The van der Waals surface area contributed by atoms with Crippen molar-refractivity contribution in [3.8, 4) is 0 Å². The van der Waals surface area contributed by atoms with Crippen LogP contribution >= 0.6 is 0 Å². The van der Waals surface area contributed by atoms with Gasteiger partial charge >= 0.3 is 12.1 Å². The lowest BCUT2D eigenvalue weighted by molar-refractivity contribution is -0.191. The lowest BCUT2D eigenvalue weighted by atomic mass is 10.4. The van der Waals surface area contributed by atoms with Gasteiger partial charge in [0, 0.05) is 18.4 Å². The third-order valence-corrected chi connectivity index (χ3v) is 1.37. The Morgan fingerprint density at radius 1 is 1.09 bits per heavy atom. The van der Waals surface area contributed by atoms with Crippen molar-refractivity contribution in [1.29, 1.82) is 0 Å². The summed E-state index contributed by atoms with van der Waals surface area (Å²) in [6.45, 7) is 1.88. The van der Waals surface area contributed by atoms with Gasteiger partial charge in [0.1, 0.15) is 0 Å². The first-order valence-electron chi connectivity index (χ1n) is 5.69. The van der Waals surface area contributed by atoms with E-state index in [1.807, 2.05) is 13.0 Å². The maximum Gasteiger partial charge on any atom is 0.373 e. The van der Waals surface area contributed by atoms with Crippen LogP contribution in [-0.4, -0.2) is 31.5 Å². The van der Waals surface area contributed by atoms with Crippen LogP contribution in [0.2, 0.25) is 0 Å². The number of allylic oxidation sites excluding steroid dienone is 5. The molecule has 0 radical (unpaired) electrons. The lowest BCUT2D eigenvalue weighted by Gasteiger charge is -1.85. The normalized spacial score (nSPS) is 9.55. The molecule has 0 fully saturated rings. The van der Waals surface area contributed by atoms with Crippen molar-refractivity contribution < 1.29 is 28.7 Å². The number of nitrogens with two attached hydrogens (primary N) is 1. The van der Waals surface area contributed by atoms with Gasteiger partial charge in [0.25, 0.3) is 0 Å². The Kier molecular flexibility index (Phi) is 24.8. The second kappa shape index (κ2) is 22.9. The number of nitrogens with one attached hydrogen (secondary N) is 1. The molecule has 3 N–H and O–H groups in total. The predicted octanol–water partition coefficient (Wildman–Crippen LogP) is -0.00420. The van der Waals surface area contributed by atoms with E-state index in [1.54, 1.807) is 12.2 Å². The molecule has 0 saturated carbocycles. The summed E-state index contributed by atoms with van der Waals surface area (Å²) >= 11 is 0. The molecule has 0 aromatic heterocycles. The number of esters is 1. The minimum absolute atomic E-state index is 0.250. The number of hydrogen-bond donors (Lipinski definition) is 2. The van der Waals surface area contributed by atoms with Crippen LogP contribution in [-0.2, 0) is 28.7 Å². The van der Waals surface area contributed by atoms with E-state index in [9.17, 15) is 14.4 Å². The van der Waals surface area contributed by atoms with Crippen LogP contribution in [0, 0.1) is 0 Å². The first-order valence-corrected chi connectivity index (χ1v) is 5.69. The molecule has 0 rings (SSSR count). The Balaban J connectivity index is -0.000000279. The van der Waals surface area contributed by atoms with Crippen LogP contribution in [0.25, 0.3) is 0 Å². The fourth-order valence-electron chi connectivity index (χ4n) is 0.614. The van der Waals surface area contributed by atoms with Gasteiger partial charge in [-0.3, -0.25) is 9.59 Å². The number of carbonyl (C=O) groups excluding carboxylic acids is 5. The summed E-state index contributed by atoms with van der Waals surface area (Å²) in [5, 5.41) is 2.26. The summed E-state index contributed by atoms with van der Waals surface area (Å²) in [6, 6.07) is 0. The molecule has 8 nitrogen and oxygen atoms in total. The van der Waals surface area contributed by atoms with Crippen molar-refractivity contribution in [3.05, 3.63) is 48.7 Å². The predicted molar refractivity (Wildman–Crippen MR) is 77.7 cm³/mol. The van der Waals surface area contributed by atoms with Gasteiger partial charge in [-0.25, -0.2) is 4.79 Å². The monoisotopic (exact) mass is 310 g/mol. The van der Waals surface area contributed by atoms with Crippen molar-refractivity contribution in [2.75, 3.05) is 7.11 Å². The molecule has 0 saturated heterocycles. The molecular formula is C14H18N2O6. The molecule has 8 heteroatoms. The van der Waals surface area contributed by atoms with E-state index >= 15 is 0 Å². The lowest BCUT2D eigenvalue weighted by Crippen LogP contribution is -2.05. The van der Waals surface area contributed by atoms with Crippen LogP contribution in [0.1, 0.15) is 6.92 Å². The van der Waals surface area contributed by atoms with Gasteiger partial charge in [0.2, 0.25) is 12.3 Å². The fourth-order valence-corrected chi connectivity index (χ4v) is 0.614. The number of carbonyl (C=O) groups is 3. The zero-order valence-electron chi connectivity index (χ0n) is 12.2. The molecule has 0 heterocycles. The average Bonchev–Trinajstić information content (AvgIpc) is 2.48. The molecule has 0 aromatic carbocycles. The largest absolute Gasteiger partial charge is 0.466 e. The molecule has 0 aliphatic carbocycles. The van der Waals surface area contributed by atoms with Gasteiger partial charge < -0.3 is 15.8 Å². The third-order valence-electron chi connectivity index (χ3n) is 1.37. The molecule has 0 aliphatic rings. The minimum Gasteiger partial charge on any atom is -0.466 e. The standard InChI is InChI=1S/C7H10O2.C6H8N2O2.CO2/c1-3-4-5-6-7(8)9-2;7-6(10)3-1-2-4-8-5-9;2-1-3/h3-6H,1-2H3;1-5H,(H2,7,10)(H,8,9);/b4-3+,6-5+;3-1+,4-2+;. The molecule has 0 atom stereocenters. The Labute approximate surface area is 128 Å². The average molecular weight is 310 g/mol. The number of amides is 2. The van der Waals surface area contributed by atoms with Gasteiger partial charge in [-0.05, 0) is 13.0 Å². The van der Waals surface area contributed by atoms with Crippen molar-refractivity contribution in [3.63, 3.8) is 0 Å². The first-order chi connectivity index (χ1) is 10.5. The van der Waals surface area contributed by atoms with Gasteiger partial charge in [-0.2, -0.15) is 9.59 Å². The quantitative estimate of drug-likeness (QED) is 0.307. The van der Waals surface area contributed by atoms with Crippen molar-refractivity contribution in [2.45, 2.75) is 6.92 Å². The number of primary amides is 1. The molecule has 0 aliphatic heterocycles. The number of hydrogen-bond acceptors (Lipinski definition) is 6. The summed E-state index contributed by atoms with van der Waals surface area (Å²) in [5.41, 5.74) is 4.76. The summed E-state index contributed by atoms with van der Waals surface area (Å²) in [6.07, 6.45) is 12.8. The zero-order chi connectivity index (χ0) is 17.6. The van der Waals surface area contributed by atoms with Crippen LogP contribution in [0.3, 0.4) is 0 Å². The van der Waals surface area contributed by atoms with Gasteiger partial charge in [-0.15, -0.1) is 0 Å². The Morgan fingerprint density at radius 3 is 2.05 bits per heavy atom. The third kappa shape index (κ3) is 36.0. The topological polar surface area (TPSA) is 133 Å². The van der Waals surface area contributed by atoms with Crippen molar-refractivity contribution >= 4 is 24.4 Å². The molecule has 2 amide bonds. The molecule has 0 unspecified atom stereocenters.